The molecule has 0 radical (unpaired) electrons. The second-order valence-electron chi connectivity index (χ2n) is 3.96. The molecule has 0 unspecified atom stereocenters. The van der Waals surface area contributed by atoms with Crippen LogP contribution in [0.3, 0.4) is 0 Å². The molecule has 0 aliphatic rings. The number of nitrogens with zero attached hydrogens (tertiary/aromatic N) is 1. The van der Waals surface area contributed by atoms with E-state index >= 15 is 0 Å². The average Bonchev–Trinajstić information content (AvgIpc) is 2.45. The molecule has 0 atom stereocenters. The smallest absolute Gasteiger partial charge is 0.0730 e. The Balaban J connectivity index is 2.65. The van der Waals surface area contributed by atoms with Crippen LogP contribution >= 0.6 is 27.3 Å². The molecular weight excluding hydrogens is 274 g/mol. The lowest BCUT2D eigenvalue weighted by Crippen LogP contribution is -2.32. The molecular formula is C11H18BrNOS. The van der Waals surface area contributed by atoms with Gasteiger partial charge in [-0.05, 0) is 48.3 Å². The van der Waals surface area contributed by atoms with Crippen molar-refractivity contribution in [2.45, 2.75) is 33.4 Å². The molecule has 0 amide bonds. The highest BCUT2D eigenvalue weighted by Gasteiger charge is 2.11. The summed E-state index contributed by atoms with van der Waals surface area (Å²) in [6, 6.07) is 2.68. The highest BCUT2D eigenvalue weighted by Crippen LogP contribution is 2.28. The van der Waals surface area contributed by atoms with Crippen molar-refractivity contribution in [3.8, 4) is 0 Å². The van der Waals surface area contributed by atoms with Crippen LogP contribution in [-0.4, -0.2) is 29.2 Å². The van der Waals surface area contributed by atoms with Crippen LogP contribution < -0.4 is 0 Å². The molecule has 0 aliphatic carbocycles. The fraction of sp³-hybridized carbons (Fsp3) is 0.636. The molecule has 0 bridgehead atoms. The van der Waals surface area contributed by atoms with Crippen LogP contribution in [0.1, 0.15) is 24.3 Å². The first-order valence-corrected chi connectivity index (χ1v) is 6.75. The van der Waals surface area contributed by atoms with E-state index in [1.54, 1.807) is 11.3 Å². The van der Waals surface area contributed by atoms with Gasteiger partial charge in [-0.15, -0.1) is 11.3 Å². The number of aryl methyl sites for hydroxylation is 1. The molecule has 1 heterocycles. The van der Waals surface area contributed by atoms with Gasteiger partial charge in [-0.2, -0.15) is 0 Å². The highest BCUT2D eigenvalue weighted by molar-refractivity contribution is 9.11. The maximum absolute atomic E-state index is 8.98. The molecule has 0 aromatic carbocycles. The molecule has 0 saturated carbocycles. The minimum atomic E-state index is 0.226. The van der Waals surface area contributed by atoms with E-state index in [2.05, 4.69) is 47.7 Å². The van der Waals surface area contributed by atoms with Gasteiger partial charge in [0.1, 0.15) is 0 Å². The molecule has 1 rings (SSSR count). The van der Waals surface area contributed by atoms with Crippen molar-refractivity contribution in [2.24, 2.45) is 0 Å². The van der Waals surface area contributed by atoms with Crippen molar-refractivity contribution in [1.29, 1.82) is 0 Å². The van der Waals surface area contributed by atoms with Crippen molar-refractivity contribution in [2.75, 3.05) is 13.2 Å². The van der Waals surface area contributed by atoms with E-state index in [0.717, 1.165) is 13.1 Å². The normalized spacial score (nSPS) is 11.7. The first-order valence-electron chi connectivity index (χ1n) is 5.14. The Labute approximate surface area is 104 Å². The van der Waals surface area contributed by atoms with E-state index in [4.69, 9.17) is 5.11 Å². The van der Waals surface area contributed by atoms with E-state index in [-0.39, 0.29) is 6.61 Å². The van der Waals surface area contributed by atoms with Crippen molar-refractivity contribution in [3.05, 3.63) is 20.3 Å². The van der Waals surface area contributed by atoms with Crippen molar-refractivity contribution in [1.82, 2.24) is 4.90 Å². The topological polar surface area (TPSA) is 23.5 Å². The van der Waals surface area contributed by atoms with Gasteiger partial charge in [-0.1, -0.05) is 0 Å². The van der Waals surface area contributed by atoms with Crippen LogP contribution in [0.5, 0.6) is 0 Å². The molecule has 1 aromatic heterocycles. The highest BCUT2D eigenvalue weighted by atomic mass is 79.9. The Morgan fingerprint density at radius 3 is 2.60 bits per heavy atom. The van der Waals surface area contributed by atoms with E-state index < -0.39 is 0 Å². The lowest BCUT2D eigenvalue weighted by atomic mass is 10.3. The van der Waals surface area contributed by atoms with Crippen LogP contribution in [0.4, 0.5) is 0 Å². The first-order chi connectivity index (χ1) is 7.04. The molecule has 0 saturated heterocycles. The minimum absolute atomic E-state index is 0.226. The summed E-state index contributed by atoms with van der Waals surface area (Å²) in [6.45, 7) is 8.32. The van der Waals surface area contributed by atoms with Gasteiger partial charge in [-0.25, -0.2) is 0 Å². The summed E-state index contributed by atoms with van der Waals surface area (Å²) in [5, 5.41) is 8.98. The molecule has 86 valence electrons. The zero-order valence-electron chi connectivity index (χ0n) is 9.46. The molecule has 0 aliphatic heterocycles. The number of hydrogen-bond donors (Lipinski definition) is 1. The number of aliphatic hydroxyl groups is 1. The third kappa shape index (κ3) is 3.87. The fourth-order valence-electron chi connectivity index (χ4n) is 1.45. The zero-order chi connectivity index (χ0) is 11.4. The van der Waals surface area contributed by atoms with Gasteiger partial charge < -0.3 is 5.11 Å². The summed E-state index contributed by atoms with van der Waals surface area (Å²) >= 11 is 5.31. The Hall–Kier alpha value is 0.100. The first kappa shape index (κ1) is 13.2. The van der Waals surface area contributed by atoms with E-state index in [1.807, 2.05) is 0 Å². The fourth-order valence-corrected chi connectivity index (χ4v) is 3.10. The van der Waals surface area contributed by atoms with Crippen LogP contribution in [-0.2, 0) is 6.54 Å². The van der Waals surface area contributed by atoms with Crippen molar-refractivity contribution >= 4 is 27.3 Å². The summed E-state index contributed by atoms with van der Waals surface area (Å²) in [5.41, 5.74) is 1.29. The van der Waals surface area contributed by atoms with Gasteiger partial charge in [0, 0.05) is 24.0 Å². The minimum Gasteiger partial charge on any atom is -0.395 e. The number of aliphatic hydroxyl groups excluding tert-OH is 1. The average molecular weight is 292 g/mol. The predicted molar refractivity (Wildman–Crippen MR) is 69.4 cm³/mol. The Kier molecular flexibility index (Phi) is 5.26. The Morgan fingerprint density at radius 1 is 1.53 bits per heavy atom. The molecule has 1 aromatic rings. The van der Waals surface area contributed by atoms with Gasteiger partial charge >= 0.3 is 0 Å². The monoisotopic (exact) mass is 291 g/mol. The number of rotatable bonds is 5. The number of thiophene rings is 1. The van der Waals surface area contributed by atoms with Crippen molar-refractivity contribution in [3.63, 3.8) is 0 Å². The van der Waals surface area contributed by atoms with Gasteiger partial charge in [-0.3, -0.25) is 4.90 Å². The van der Waals surface area contributed by atoms with Gasteiger partial charge in [0.15, 0.2) is 0 Å². The molecule has 2 nitrogen and oxygen atoms in total. The summed E-state index contributed by atoms with van der Waals surface area (Å²) < 4.78 is 1.21. The van der Waals surface area contributed by atoms with Crippen LogP contribution in [0, 0.1) is 6.92 Å². The van der Waals surface area contributed by atoms with Crippen LogP contribution in [0.2, 0.25) is 0 Å². The van der Waals surface area contributed by atoms with Crippen molar-refractivity contribution < 1.29 is 5.11 Å². The summed E-state index contributed by atoms with van der Waals surface area (Å²) in [5.74, 6) is 0. The summed E-state index contributed by atoms with van der Waals surface area (Å²) in [7, 11) is 0. The van der Waals surface area contributed by atoms with E-state index in [0.29, 0.717) is 6.04 Å². The van der Waals surface area contributed by atoms with Gasteiger partial charge in [0.05, 0.1) is 10.4 Å². The van der Waals surface area contributed by atoms with Gasteiger partial charge in [0.25, 0.3) is 0 Å². The van der Waals surface area contributed by atoms with Gasteiger partial charge in [0.2, 0.25) is 0 Å². The summed E-state index contributed by atoms with van der Waals surface area (Å²) in [6.07, 6.45) is 0. The molecule has 1 N–H and O–H groups in total. The second kappa shape index (κ2) is 5.99. The number of halogens is 1. The lowest BCUT2D eigenvalue weighted by molar-refractivity contribution is 0.160. The molecule has 15 heavy (non-hydrogen) atoms. The maximum atomic E-state index is 8.98. The standard InChI is InChI=1S/C11H18BrNOS/c1-8(2)13(4-5-14)7-10-6-9(3)11(12)15-10/h6,8,14H,4-5,7H2,1-3H3. The van der Waals surface area contributed by atoms with Crippen LogP contribution in [0.25, 0.3) is 0 Å². The quantitative estimate of drug-likeness (QED) is 0.901. The third-order valence-electron chi connectivity index (χ3n) is 2.38. The van der Waals surface area contributed by atoms with Crippen LogP contribution in [0.15, 0.2) is 9.85 Å². The Morgan fingerprint density at radius 2 is 2.20 bits per heavy atom. The SMILES string of the molecule is Cc1cc(CN(CCO)C(C)C)sc1Br. The Bertz CT molecular complexity index is 292. The molecule has 4 heteroatoms. The van der Waals surface area contributed by atoms with E-state index in [1.165, 1.54) is 14.2 Å². The number of hydrogen-bond acceptors (Lipinski definition) is 3. The zero-order valence-corrected chi connectivity index (χ0v) is 11.9. The molecule has 0 spiro atoms. The predicted octanol–water partition coefficient (Wildman–Crippen LogP) is 3.02. The van der Waals surface area contributed by atoms with E-state index in [9.17, 15) is 0 Å². The summed E-state index contributed by atoms with van der Waals surface area (Å²) in [4.78, 5) is 3.62. The second-order valence-corrected chi connectivity index (χ2v) is 6.41. The lowest BCUT2D eigenvalue weighted by Gasteiger charge is -2.24. The third-order valence-corrected chi connectivity index (χ3v) is 4.51. The maximum Gasteiger partial charge on any atom is 0.0730 e. The largest absolute Gasteiger partial charge is 0.395 e. The molecule has 0 fully saturated rings.